The van der Waals surface area contributed by atoms with E-state index in [1.807, 2.05) is 69.3 Å². The van der Waals surface area contributed by atoms with Crippen molar-refractivity contribution in [2.45, 2.75) is 149 Å². The number of nitrogens with zero attached hydrogens (tertiary/aromatic N) is 6. The maximum absolute atomic E-state index is 13.2. The lowest BCUT2D eigenvalue weighted by Gasteiger charge is -2.29. The molecule has 3 fully saturated rings. The van der Waals surface area contributed by atoms with Crippen LogP contribution in [-0.2, 0) is 44.5 Å². The van der Waals surface area contributed by atoms with Crippen LogP contribution in [-0.4, -0.2) is 108 Å². The molecule has 0 saturated heterocycles. The van der Waals surface area contributed by atoms with Crippen molar-refractivity contribution >= 4 is 105 Å². The van der Waals surface area contributed by atoms with Gasteiger partial charge in [0.05, 0.1) is 60.7 Å². The van der Waals surface area contributed by atoms with E-state index in [-0.39, 0.29) is 104 Å². The average Bonchev–Trinajstić information content (AvgIpc) is 0.800. The summed E-state index contributed by atoms with van der Waals surface area (Å²) in [7, 11) is -12.5. The molecule has 23 nitrogen and oxygen atoms in total. The third kappa shape index (κ3) is 23.6. The highest BCUT2D eigenvalue weighted by Gasteiger charge is 2.34. The standard InChI is InChI=1S/2C29H29FN4O3S.C24H25ClFN3O3S.C5H6BNO2/c2*1-19(20-2-7-24(30)8-3-20)32-29(35)22-4-9-25(10-5-22)34-38(36,37)26-11-13-28-23(18-26)6-12-27(33-28)21-14-16-31-17-15-21;1-15(16-2-7-19(26)8-3-16)27-24(30)17-4-9-20(10-5-17)29-33(31,32)21-11-12-22-18(14-21)6-13-23(25)28-22;8-6(9)5-1-3-7-4-2-5/h2*2-3,6-8,11-19,22,25,34H,4-5,9-10H2,1H3,(H,32,35);2-3,6-8,11-15,17,20,29H,4-5,9-10H2,1H3,(H,27,30);1-4,8-9H/t2*19-,22?,25?;15-,17?,20?;/m111./s1. The Hall–Kier alpha value is -10.8. The average molecular weight is 1680 g/mol. The van der Waals surface area contributed by atoms with E-state index in [0.29, 0.717) is 110 Å². The number of carbonyl (C=O) groups excluding carboxylic acids is 3. The Kier molecular flexibility index (Phi) is 29.1. The molecule has 3 atom stereocenters. The van der Waals surface area contributed by atoms with Crippen LogP contribution in [0, 0.1) is 35.2 Å². The van der Waals surface area contributed by atoms with Gasteiger partial charge >= 0.3 is 7.12 Å². The zero-order chi connectivity index (χ0) is 83.7. The fourth-order valence-electron chi connectivity index (χ4n) is 14.5. The summed E-state index contributed by atoms with van der Waals surface area (Å²) >= 11 is 5.89. The van der Waals surface area contributed by atoms with Crippen LogP contribution in [0.1, 0.15) is 133 Å². The molecule has 3 saturated carbocycles. The first-order chi connectivity index (χ1) is 56.6. The molecule has 8 N–H and O–H groups in total. The second kappa shape index (κ2) is 39.6. The summed E-state index contributed by atoms with van der Waals surface area (Å²) in [5, 5.41) is 28.6. The van der Waals surface area contributed by atoms with Gasteiger partial charge in [-0.25, -0.2) is 67.5 Å². The predicted octanol–water partition coefficient (Wildman–Crippen LogP) is 13.8. The highest BCUT2D eigenvalue weighted by atomic mass is 35.5. The van der Waals surface area contributed by atoms with E-state index in [1.165, 1.54) is 54.9 Å². The van der Waals surface area contributed by atoms with Gasteiger partial charge < -0.3 is 26.0 Å². The molecule has 0 radical (unpaired) electrons. The number of sulfonamides is 3. The van der Waals surface area contributed by atoms with E-state index in [1.54, 1.807) is 134 Å². The monoisotopic (exact) mass is 1680 g/mol. The molecular weight excluding hydrogens is 1590 g/mol. The van der Waals surface area contributed by atoms with Crippen molar-refractivity contribution in [3.05, 3.63) is 277 Å². The summed E-state index contributed by atoms with van der Waals surface area (Å²) in [4.78, 5) is 64.0. The lowest BCUT2D eigenvalue weighted by molar-refractivity contribution is -0.127. The van der Waals surface area contributed by atoms with Gasteiger partial charge in [0, 0.05) is 100 Å². The molecule has 0 unspecified atom stereocenters. The number of pyridine rings is 6. The van der Waals surface area contributed by atoms with Crippen LogP contribution < -0.4 is 35.6 Å². The molecule has 6 aromatic carbocycles. The van der Waals surface area contributed by atoms with Gasteiger partial charge in [-0.2, -0.15) is 0 Å². The molecular formula is C87H89BClF3N12O11S3. The maximum atomic E-state index is 13.2. The number of benzene rings is 6. The van der Waals surface area contributed by atoms with Crippen LogP contribution in [0.4, 0.5) is 13.2 Å². The van der Waals surface area contributed by atoms with Gasteiger partial charge in [-0.3, -0.25) is 29.3 Å². The fourth-order valence-corrected chi connectivity index (χ4v) is 18.6. The van der Waals surface area contributed by atoms with Gasteiger partial charge in [0.15, 0.2) is 0 Å². The highest BCUT2D eigenvalue weighted by molar-refractivity contribution is 7.90. The number of fused-ring (bicyclic) bond motifs is 3. The lowest BCUT2D eigenvalue weighted by Crippen LogP contribution is -2.41. The Balaban J connectivity index is 0.000000154. The minimum Gasteiger partial charge on any atom is -0.423 e. The normalized spacial score (nSPS) is 18.3. The molecule has 6 aromatic heterocycles. The van der Waals surface area contributed by atoms with Gasteiger partial charge in [-0.05, 0) is 272 Å². The van der Waals surface area contributed by atoms with Crippen molar-refractivity contribution in [2.75, 3.05) is 0 Å². The van der Waals surface area contributed by atoms with E-state index in [4.69, 9.17) is 21.6 Å². The van der Waals surface area contributed by atoms with Crippen molar-refractivity contribution in [2.24, 2.45) is 17.8 Å². The SMILES string of the molecule is C[C@@H](NC(=O)C1CCC(NS(=O)(=O)c2ccc3nc(-c4ccncc4)ccc3c2)CC1)c1ccc(F)cc1.C[C@@H](NC(=O)C1CCC(NS(=O)(=O)c2ccc3nc(-c4ccncc4)ccc3c2)CC1)c1ccc(F)cc1.C[C@@H](NC(=O)C1CCC(NS(=O)(=O)c2ccc3nc(Cl)ccc3c2)CC1)c1ccc(F)cc1.OB(O)c1ccncc1. The molecule has 3 amide bonds. The Morgan fingerprint density at radius 3 is 0.941 bits per heavy atom. The summed E-state index contributed by atoms with van der Waals surface area (Å²) in [5.41, 5.74) is 8.47. The van der Waals surface area contributed by atoms with E-state index in [9.17, 15) is 52.8 Å². The topological polar surface area (TPSA) is 344 Å². The van der Waals surface area contributed by atoms with Crippen LogP contribution in [0.25, 0.3) is 55.2 Å². The first-order valence-electron chi connectivity index (χ1n) is 38.8. The quantitative estimate of drug-likeness (QED) is 0.0245. The number of carbonyl (C=O) groups is 3. The molecule has 0 spiro atoms. The summed E-state index contributed by atoms with van der Waals surface area (Å²) < 4.78 is 126. The summed E-state index contributed by atoms with van der Waals surface area (Å²) in [6.45, 7) is 5.59. The molecule has 31 heteroatoms. The Labute approximate surface area is 688 Å². The zero-order valence-corrected chi connectivity index (χ0v) is 68.0. The van der Waals surface area contributed by atoms with Gasteiger partial charge in [0.1, 0.15) is 22.6 Å². The summed E-state index contributed by atoms with van der Waals surface area (Å²) in [5.74, 6) is -1.67. The molecule has 6 heterocycles. The van der Waals surface area contributed by atoms with Crippen molar-refractivity contribution in [1.82, 2.24) is 60.0 Å². The fraction of sp³-hybridized carbons (Fsp3) is 0.276. The first-order valence-corrected chi connectivity index (χ1v) is 43.6. The number of nitrogens with one attached hydrogen (secondary N) is 6. The summed E-state index contributed by atoms with van der Waals surface area (Å²) in [6.07, 6.45) is 16.8. The number of halogens is 4. The van der Waals surface area contributed by atoms with Crippen LogP contribution in [0.2, 0.25) is 5.15 Å². The Morgan fingerprint density at radius 2 is 0.653 bits per heavy atom. The van der Waals surface area contributed by atoms with Crippen molar-refractivity contribution in [3.8, 4) is 22.5 Å². The summed E-state index contributed by atoms with van der Waals surface area (Å²) in [6, 6.07) is 52.8. The number of hydrogen-bond acceptors (Lipinski definition) is 17. The van der Waals surface area contributed by atoms with Gasteiger partial charge in [0.25, 0.3) is 0 Å². The molecule has 12 aromatic rings. The molecule has 3 aliphatic carbocycles. The van der Waals surface area contributed by atoms with Crippen molar-refractivity contribution < 1.29 is 62.9 Å². The Morgan fingerprint density at radius 1 is 0.373 bits per heavy atom. The largest absolute Gasteiger partial charge is 0.488 e. The van der Waals surface area contributed by atoms with E-state index in [2.05, 4.69) is 60.0 Å². The van der Waals surface area contributed by atoms with Crippen LogP contribution in [0.5, 0.6) is 0 Å². The molecule has 118 heavy (non-hydrogen) atoms. The third-order valence-corrected chi connectivity index (χ3v) is 26.0. The van der Waals surface area contributed by atoms with E-state index >= 15 is 0 Å². The third-order valence-electron chi connectivity index (χ3n) is 21.3. The maximum Gasteiger partial charge on any atom is 0.488 e. The highest BCUT2D eigenvalue weighted by Crippen LogP contribution is 2.33. The number of amides is 3. The van der Waals surface area contributed by atoms with E-state index in [0.717, 1.165) is 50.0 Å². The molecule has 0 bridgehead atoms. The molecule has 3 aliphatic rings. The lowest BCUT2D eigenvalue weighted by atomic mass is 9.81. The smallest absolute Gasteiger partial charge is 0.423 e. The number of hydrogen-bond donors (Lipinski definition) is 8. The molecule has 0 aliphatic heterocycles. The minimum atomic E-state index is -3.73. The number of aromatic nitrogens is 6. The van der Waals surface area contributed by atoms with Crippen LogP contribution in [0.15, 0.2) is 252 Å². The number of rotatable bonds is 21. The van der Waals surface area contributed by atoms with Crippen molar-refractivity contribution in [1.29, 1.82) is 0 Å². The minimum absolute atomic E-state index is 0.0590. The van der Waals surface area contributed by atoms with Crippen LogP contribution >= 0.6 is 11.6 Å². The van der Waals surface area contributed by atoms with Gasteiger partial charge in [0.2, 0.25) is 47.8 Å². The van der Waals surface area contributed by atoms with E-state index < -0.39 is 37.2 Å². The first kappa shape index (κ1) is 86.5. The second-order valence-electron chi connectivity index (χ2n) is 29.6. The van der Waals surface area contributed by atoms with Crippen LogP contribution in [0.3, 0.4) is 0 Å². The van der Waals surface area contributed by atoms with Crippen molar-refractivity contribution in [3.63, 3.8) is 0 Å². The van der Waals surface area contributed by atoms with Gasteiger partial charge in [-0.1, -0.05) is 60.1 Å². The van der Waals surface area contributed by atoms with Gasteiger partial charge in [-0.15, -0.1) is 0 Å². The predicted molar refractivity (Wildman–Crippen MR) is 448 cm³/mol. The second-order valence-corrected chi connectivity index (χ2v) is 35.1. The Bertz CT molecular complexity index is 5580. The molecule has 612 valence electrons. The zero-order valence-electron chi connectivity index (χ0n) is 64.8. The molecule has 15 rings (SSSR count).